The van der Waals surface area contributed by atoms with Gasteiger partial charge in [-0.15, -0.1) is 0 Å². The van der Waals surface area contributed by atoms with Crippen LogP contribution in [0.1, 0.15) is 11.1 Å². The van der Waals surface area contributed by atoms with Crippen molar-refractivity contribution in [1.29, 1.82) is 0 Å². The van der Waals surface area contributed by atoms with E-state index in [4.69, 9.17) is 4.74 Å². The number of alkyl halides is 3. The summed E-state index contributed by atoms with van der Waals surface area (Å²) in [5, 5.41) is 15.8. The number of nitrogens with one attached hydrogen (secondary N) is 2. The molecule has 26 heavy (non-hydrogen) atoms. The number of nitrogens with zero attached hydrogens (tertiary/aromatic N) is 1. The van der Waals surface area contributed by atoms with Gasteiger partial charge in [0.1, 0.15) is 0 Å². The zero-order chi connectivity index (χ0) is 19.2. The molecule has 1 amide bonds. The van der Waals surface area contributed by atoms with Gasteiger partial charge in [0.2, 0.25) is 0 Å². The van der Waals surface area contributed by atoms with Crippen LogP contribution in [0.2, 0.25) is 0 Å². The molecular formula is C17H16F3N3O3. The predicted octanol–water partition coefficient (Wildman–Crippen LogP) is 2.98. The van der Waals surface area contributed by atoms with Crippen molar-refractivity contribution in [3.8, 4) is 11.5 Å². The van der Waals surface area contributed by atoms with Crippen molar-refractivity contribution in [1.82, 2.24) is 5.43 Å². The highest BCUT2D eigenvalue weighted by Crippen LogP contribution is 2.30. The molecule has 0 atom stereocenters. The summed E-state index contributed by atoms with van der Waals surface area (Å²) in [5.74, 6) is -0.310. The van der Waals surface area contributed by atoms with Gasteiger partial charge < -0.3 is 15.2 Å². The number of hydrogen-bond donors (Lipinski definition) is 3. The smallest absolute Gasteiger partial charge is 0.416 e. The molecule has 0 aromatic heterocycles. The molecule has 138 valence electrons. The number of benzene rings is 2. The van der Waals surface area contributed by atoms with E-state index in [1.54, 1.807) is 6.07 Å². The lowest BCUT2D eigenvalue weighted by Gasteiger charge is -2.10. The number of phenols is 1. The molecule has 9 heteroatoms. The van der Waals surface area contributed by atoms with Gasteiger partial charge in [-0.05, 0) is 42.0 Å². The van der Waals surface area contributed by atoms with E-state index in [1.807, 2.05) is 0 Å². The minimum Gasteiger partial charge on any atom is -0.504 e. The number of carbonyl (C=O) groups is 1. The van der Waals surface area contributed by atoms with E-state index >= 15 is 0 Å². The topological polar surface area (TPSA) is 83.0 Å². The van der Waals surface area contributed by atoms with Gasteiger partial charge in [0.15, 0.2) is 11.5 Å². The summed E-state index contributed by atoms with van der Waals surface area (Å²) in [7, 11) is 1.40. The number of hydrogen-bond acceptors (Lipinski definition) is 5. The lowest BCUT2D eigenvalue weighted by molar-refractivity contribution is -0.137. The molecule has 2 aromatic carbocycles. The Labute approximate surface area is 147 Å². The van der Waals surface area contributed by atoms with E-state index in [-0.39, 0.29) is 23.7 Å². The normalized spacial score (nSPS) is 11.4. The van der Waals surface area contributed by atoms with Crippen molar-refractivity contribution in [3.63, 3.8) is 0 Å². The van der Waals surface area contributed by atoms with Crippen LogP contribution in [0.5, 0.6) is 11.5 Å². The standard InChI is InChI=1S/C17H16F3N3O3/c1-26-15-7-11(5-6-14(15)24)9-22-23-16(25)10-21-13-4-2-3-12(8-13)17(18,19)20/h2-9,21,24H,10H2,1H3,(H,23,25)/b22-9-. The molecule has 0 radical (unpaired) electrons. The number of anilines is 1. The maximum absolute atomic E-state index is 12.6. The highest BCUT2D eigenvalue weighted by molar-refractivity contribution is 5.84. The lowest BCUT2D eigenvalue weighted by atomic mass is 10.2. The zero-order valence-corrected chi connectivity index (χ0v) is 13.7. The highest BCUT2D eigenvalue weighted by atomic mass is 19.4. The molecule has 2 aromatic rings. The maximum Gasteiger partial charge on any atom is 0.416 e. The summed E-state index contributed by atoms with van der Waals surface area (Å²) in [6.07, 6.45) is -3.11. The first-order valence-electron chi connectivity index (χ1n) is 7.39. The molecule has 0 aliphatic carbocycles. The molecule has 0 saturated carbocycles. The highest BCUT2D eigenvalue weighted by Gasteiger charge is 2.30. The van der Waals surface area contributed by atoms with E-state index in [9.17, 15) is 23.1 Å². The summed E-state index contributed by atoms with van der Waals surface area (Å²) in [4.78, 5) is 11.7. The molecule has 0 fully saturated rings. The first-order chi connectivity index (χ1) is 12.3. The van der Waals surface area contributed by atoms with Gasteiger partial charge >= 0.3 is 6.18 Å². The van der Waals surface area contributed by atoms with Gasteiger partial charge in [-0.1, -0.05) is 6.07 Å². The van der Waals surface area contributed by atoms with Gasteiger partial charge in [0.25, 0.3) is 5.91 Å². The number of carbonyl (C=O) groups excluding carboxylic acids is 1. The Bertz CT molecular complexity index is 807. The number of phenolic OH excluding ortho intramolecular Hbond substituents is 1. The second-order valence-electron chi connectivity index (χ2n) is 5.16. The summed E-state index contributed by atoms with van der Waals surface area (Å²) >= 11 is 0. The van der Waals surface area contributed by atoms with E-state index in [0.29, 0.717) is 5.56 Å². The van der Waals surface area contributed by atoms with Crippen LogP contribution in [0.15, 0.2) is 47.6 Å². The second kappa shape index (κ2) is 8.24. The molecule has 2 rings (SSSR count). The second-order valence-corrected chi connectivity index (χ2v) is 5.16. The number of ether oxygens (including phenoxy) is 1. The fourth-order valence-corrected chi connectivity index (χ4v) is 1.98. The summed E-state index contributed by atoms with van der Waals surface area (Å²) in [5.41, 5.74) is 2.18. The van der Waals surface area contributed by atoms with Crippen LogP contribution in [0.3, 0.4) is 0 Å². The first-order valence-corrected chi connectivity index (χ1v) is 7.39. The van der Waals surface area contributed by atoms with Crippen LogP contribution in [0, 0.1) is 0 Å². The third-order valence-electron chi connectivity index (χ3n) is 3.25. The molecule has 0 heterocycles. The number of halogens is 3. The summed E-state index contributed by atoms with van der Waals surface area (Å²) in [6.45, 7) is -0.252. The third kappa shape index (κ3) is 5.40. The van der Waals surface area contributed by atoms with Gasteiger partial charge in [0.05, 0.1) is 25.4 Å². The Kier molecular flexibility index (Phi) is 6.05. The van der Waals surface area contributed by atoms with Crippen molar-refractivity contribution in [2.75, 3.05) is 19.0 Å². The minimum absolute atomic E-state index is 0.0287. The number of rotatable bonds is 6. The minimum atomic E-state index is -4.45. The zero-order valence-electron chi connectivity index (χ0n) is 13.7. The van der Waals surface area contributed by atoms with E-state index < -0.39 is 17.6 Å². The van der Waals surface area contributed by atoms with Crippen molar-refractivity contribution >= 4 is 17.8 Å². The van der Waals surface area contributed by atoms with Gasteiger partial charge in [0, 0.05) is 5.69 Å². The molecule has 3 N–H and O–H groups in total. The van der Waals surface area contributed by atoms with Crippen LogP contribution in [0.4, 0.5) is 18.9 Å². The van der Waals surface area contributed by atoms with Crippen molar-refractivity contribution in [2.45, 2.75) is 6.18 Å². The van der Waals surface area contributed by atoms with E-state index in [2.05, 4.69) is 15.8 Å². The molecule has 0 aliphatic rings. The quantitative estimate of drug-likeness (QED) is 0.542. The molecule has 6 nitrogen and oxygen atoms in total. The van der Waals surface area contributed by atoms with E-state index in [0.717, 1.165) is 12.1 Å². The number of methoxy groups -OCH3 is 1. The molecule has 0 aliphatic heterocycles. The number of hydrazone groups is 1. The fourth-order valence-electron chi connectivity index (χ4n) is 1.98. The maximum atomic E-state index is 12.6. The molecule has 0 spiro atoms. The van der Waals surface area contributed by atoms with E-state index in [1.165, 1.54) is 37.6 Å². The largest absolute Gasteiger partial charge is 0.504 e. The average Bonchev–Trinajstić information content (AvgIpc) is 2.61. The SMILES string of the molecule is COc1cc(/C=N\NC(=O)CNc2cccc(C(F)(F)F)c2)ccc1O. The Morgan fingerprint density at radius 1 is 1.27 bits per heavy atom. The third-order valence-corrected chi connectivity index (χ3v) is 3.25. The lowest BCUT2D eigenvalue weighted by Crippen LogP contribution is -2.26. The van der Waals surface area contributed by atoms with Gasteiger partial charge in [-0.2, -0.15) is 18.3 Å². The number of aromatic hydroxyl groups is 1. The number of amides is 1. The summed E-state index contributed by atoms with van der Waals surface area (Å²) in [6, 6.07) is 9.03. The van der Waals surface area contributed by atoms with Crippen LogP contribution in [-0.4, -0.2) is 30.9 Å². The fraction of sp³-hybridized carbons (Fsp3) is 0.176. The van der Waals surface area contributed by atoms with Crippen molar-refractivity contribution in [2.24, 2.45) is 5.10 Å². The molecule has 0 saturated heterocycles. The monoisotopic (exact) mass is 367 g/mol. The van der Waals surface area contributed by atoms with Crippen LogP contribution in [-0.2, 0) is 11.0 Å². The van der Waals surface area contributed by atoms with Gasteiger partial charge in [-0.3, -0.25) is 4.79 Å². The molecule has 0 bridgehead atoms. The predicted molar refractivity (Wildman–Crippen MR) is 90.3 cm³/mol. The van der Waals surface area contributed by atoms with Crippen molar-refractivity contribution in [3.05, 3.63) is 53.6 Å². The van der Waals surface area contributed by atoms with Crippen LogP contribution < -0.4 is 15.5 Å². The Morgan fingerprint density at radius 3 is 2.73 bits per heavy atom. The Hall–Kier alpha value is -3.23. The van der Waals surface area contributed by atoms with Crippen LogP contribution >= 0.6 is 0 Å². The average molecular weight is 367 g/mol. The Morgan fingerprint density at radius 2 is 2.04 bits per heavy atom. The van der Waals surface area contributed by atoms with Crippen LogP contribution in [0.25, 0.3) is 0 Å². The van der Waals surface area contributed by atoms with Crippen molar-refractivity contribution < 1.29 is 27.8 Å². The molecule has 0 unspecified atom stereocenters. The first kappa shape index (κ1) is 19.1. The summed E-state index contributed by atoms with van der Waals surface area (Å²) < 4.78 is 42.8. The Balaban J connectivity index is 1.88. The molecular weight excluding hydrogens is 351 g/mol. The van der Waals surface area contributed by atoms with Gasteiger partial charge in [-0.25, -0.2) is 5.43 Å².